The third-order valence-electron chi connectivity index (χ3n) is 6.28. The molecule has 3 aromatic rings. The second kappa shape index (κ2) is 9.31. The zero-order chi connectivity index (χ0) is 23.8. The molecule has 2 amide bonds. The molecule has 1 atom stereocenters. The van der Waals surface area contributed by atoms with Crippen LogP contribution in [-0.4, -0.2) is 47.5 Å². The summed E-state index contributed by atoms with van der Waals surface area (Å²) in [6.07, 6.45) is 0.806. The minimum atomic E-state index is -0.210. The number of hydrogen-bond donors (Lipinski definition) is 0. The van der Waals surface area contributed by atoms with E-state index in [4.69, 9.17) is 21.1 Å². The average Bonchev–Trinajstić information content (AvgIpc) is 3.50. The Morgan fingerprint density at radius 1 is 1.12 bits per heavy atom. The molecular formula is C26H25ClN2O4S. The first-order valence-corrected chi connectivity index (χ1v) is 12.5. The van der Waals surface area contributed by atoms with Gasteiger partial charge in [0.1, 0.15) is 6.54 Å². The second-order valence-corrected chi connectivity index (χ2v) is 10.1. The average molecular weight is 497 g/mol. The Balaban J connectivity index is 1.41. The SMILES string of the molecule is CC(C)N(CC(=O)N1CCc2sccc2C1c1ccc(Cl)cc1)C(=O)c1ccc2c(c1)OCO2. The van der Waals surface area contributed by atoms with Crippen LogP contribution in [0.4, 0.5) is 0 Å². The van der Waals surface area contributed by atoms with E-state index in [-0.39, 0.29) is 37.2 Å². The van der Waals surface area contributed by atoms with Gasteiger partial charge in [-0.05, 0) is 73.2 Å². The molecule has 176 valence electrons. The summed E-state index contributed by atoms with van der Waals surface area (Å²) < 4.78 is 10.8. The maximum atomic E-state index is 13.7. The third kappa shape index (κ3) is 4.26. The highest BCUT2D eigenvalue weighted by molar-refractivity contribution is 7.10. The number of fused-ring (bicyclic) bond motifs is 2. The van der Waals surface area contributed by atoms with E-state index in [0.717, 1.165) is 17.5 Å². The molecule has 0 saturated heterocycles. The number of rotatable bonds is 5. The van der Waals surface area contributed by atoms with E-state index >= 15 is 0 Å². The van der Waals surface area contributed by atoms with E-state index in [0.29, 0.717) is 28.6 Å². The van der Waals surface area contributed by atoms with Crippen molar-refractivity contribution in [3.05, 3.63) is 80.5 Å². The largest absolute Gasteiger partial charge is 0.454 e. The molecule has 5 rings (SSSR count). The Morgan fingerprint density at radius 2 is 1.88 bits per heavy atom. The number of carbonyl (C=O) groups excluding carboxylic acids is 2. The van der Waals surface area contributed by atoms with Crippen molar-refractivity contribution in [1.82, 2.24) is 9.80 Å². The maximum Gasteiger partial charge on any atom is 0.254 e. The van der Waals surface area contributed by atoms with Crippen LogP contribution in [0.5, 0.6) is 11.5 Å². The quantitative estimate of drug-likeness (QED) is 0.490. The molecule has 0 aliphatic carbocycles. The van der Waals surface area contributed by atoms with Crippen LogP contribution < -0.4 is 9.47 Å². The summed E-state index contributed by atoms with van der Waals surface area (Å²) in [5, 5.41) is 2.73. The molecule has 0 N–H and O–H groups in total. The Morgan fingerprint density at radius 3 is 2.65 bits per heavy atom. The minimum absolute atomic E-state index is 0.00545. The van der Waals surface area contributed by atoms with Gasteiger partial charge in [0, 0.05) is 28.0 Å². The topological polar surface area (TPSA) is 59.1 Å². The van der Waals surface area contributed by atoms with Crippen LogP contribution in [-0.2, 0) is 11.2 Å². The van der Waals surface area contributed by atoms with Gasteiger partial charge in [-0.15, -0.1) is 11.3 Å². The molecule has 0 fully saturated rings. The number of thiophene rings is 1. The summed E-state index contributed by atoms with van der Waals surface area (Å²) >= 11 is 7.84. The van der Waals surface area contributed by atoms with Gasteiger partial charge < -0.3 is 19.3 Å². The fourth-order valence-electron chi connectivity index (χ4n) is 4.51. The molecule has 2 aliphatic rings. The highest BCUT2D eigenvalue weighted by Gasteiger charge is 2.34. The van der Waals surface area contributed by atoms with Gasteiger partial charge in [0.15, 0.2) is 11.5 Å². The van der Waals surface area contributed by atoms with Gasteiger partial charge in [0.25, 0.3) is 5.91 Å². The van der Waals surface area contributed by atoms with Crippen LogP contribution in [0, 0.1) is 0 Å². The van der Waals surface area contributed by atoms with Crippen molar-refractivity contribution in [2.75, 3.05) is 19.9 Å². The van der Waals surface area contributed by atoms with Crippen molar-refractivity contribution >= 4 is 34.8 Å². The smallest absolute Gasteiger partial charge is 0.254 e. The van der Waals surface area contributed by atoms with Crippen LogP contribution in [0.15, 0.2) is 53.9 Å². The number of nitrogens with zero attached hydrogens (tertiary/aromatic N) is 2. The van der Waals surface area contributed by atoms with E-state index in [2.05, 4.69) is 11.4 Å². The molecule has 0 saturated carbocycles. The summed E-state index contributed by atoms with van der Waals surface area (Å²) in [4.78, 5) is 31.9. The molecule has 1 unspecified atom stereocenters. The van der Waals surface area contributed by atoms with Crippen molar-refractivity contribution in [2.24, 2.45) is 0 Å². The molecule has 1 aromatic heterocycles. The maximum absolute atomic E-state index is 13.7. The van der Waals surface area contributed by atoms with E-state index in [9.17, 15) is 9.59 Å². The molecule has 0 spiro atoms. The minimum Gasteiger partial charge on any atom is -0.454 e. The van der Waals surface area contributed by atoms with Crippen LogP contribution in [0.1, 0.15) is 46.3 Å². The first kappa shape index (κ1) is 22.7. The lowest BCUT2D eigenvalue weighted by Crippen LogP contribution is -2.48. The van der Waals surface area contributed by atoms with Crippen LogP contribution >= 0.6 is 22.9 Å². The Hall–Kier alpha value is -3.03. The highest BCUT2D eigenvalue weighted by Crippen LogP contribution is 2.38. The first-order valence-electron chi connectivity index (χ1n) is 11.2. The third-order valence-corrected chi connectivity index (χ3v) is 7.53. The van der Waals surface area contributed by atoms with E-state index in [1.165, 1.54) is 4.88 Å². The summed E-state index contributed by atoms with van der Waals surface area (Å²) in [6, 6.07) is 14.5. The van der Waals surface area contributed by atoms with Crippen molar-refractivity contribution in [2.45, 2.75) is 32.4 Å². The Bertz CT molecular complexity index is 1220. The van der Waals surface area contributed by atoms with Crippen molar-refractivity contribution < 1.29 is 19.1 Å². The van der Waals surface area contributed by atoms with Gasteiger partial charge in [-0.2, -0.15) is 0 Å². The van der Waals surface area contributed by atoms with Gasteiger partial charge in [-0.3, -0.25) is 9.59 Å². The van der Waals surface area contributed by atoms with Crippen LogP contribution in [0.3, 0.4) is 0 Å². The molecule has 2 aliphatic heterocycles. The molecule has 8 heteroatoms. The number of benzene rings is 2. The zero-order valence-electron chi connectivity index (χ0n) is 19.0. The highest BCUT2D eigenvalue weighted by atomic mass is 35.5. The summed E-state index contributed by atoms with van der Waals surface area (Å²) in [5.41, 5.74) is 2.62. The molecule has 2 aromatic carbocycles. The predicted octanol–water partition coefficient (Wildman–Crippen LogP) is 5.16. The van der Waals surface area contributed by atoms with Crippen LogP contribution in [0.2, 0.25) is 5.02 Å². The van der Waals surface area contributed by atoms with Crippen molar-refractivity contribution in [3.63, 3.8) is 0 Å². The van der Waals surface area contributed by atoms with E-state index in [1.807, 2.05) is 43.0 Å². The molecule has 0 bridgehead atoms. The normalized spacial score (nSPS) is 16.5. The van der Waals surface area contributed by atoms with Crippen LogP contribution in [0.25, 0.3) is 0 Å². The van der Waals surface area contributed by atoms with Gasteiger partial charge in [0.2, 0.25) is 12.7 Å². The number of hydrogen-bond acceptors (Lipinski definition) is 5. The van der Waals surface area contributed by atoms with Gasteiger partial charge >= 0.3 is 0 Å². The van der Waals surface area contributed by atoms with Crippen molar-refractivity contribution in [3.8, 4) is 11.5 Å². The fourth-order valence-corrected chi connectivity index (χ4v) is 5.54. The zero-order valence-corrected chi connectivity index (χ0v) is 20.6. The predicted molar refractivity (Wildman–Crippen MR) is 132 cm³/mol. The lowest BCUT2D eigenvalue weighted by Gasteiger charge is -2.38. The molecule has 3 heterocycles. The van der Waals surface area contributed by atoms with E-state index in [1.54, 1.807) is 34.4 Å². The molecule has 34 heavy (non-hydrogen) atoms. The molecule has 6 nitrogen and oxygen atoms in total. The standard InChI is InChI=1S/C26H25ClN2O4S/c1-16(2)29(26(31)18-5-8-21-22(13-18)33-15-32-21)14-24(30)28-11-9-23-20(10-12-34-23)25(28)17-3-6-19(27)7-4-17/h3-8,10,12-13,16,25H,9,11,14-15H2,1-2H3. The summed E-state index contributed by atoms with van der Waals surface area (Å²) in [7, 11) is 0. The number of amides is 2. The molecular weight excluding hydrogens is 472 g/mol. The monoisotopic (exact) mass is 496 g/mol. The lowest BCUT2D eigenvalue weighted by atomic mass is 9.93. The summed E-state index contributed by atoms with van der Waals surface area (Å²) in [6.45, 7) is 4.58. The van der Waals surface area contributed by atoms with Crippen molar-refractivity contribution in [1.29, 1.82) is 0 Å². The molecule has 0 radical (unpaired) electrons. The summed E-state index contributed by atoms with van der Waals surface area (Å²) in [5.74, 6) is 0.872. The number of ether oxygens (including phenoxy) is 2. The Kier molecular flexibility index (Phi) is 6.23. The first-order chi connectivity index (χ1) is 16.4. The number of halogens is 1. The van der Waals surface area contributed by atoms with Gasteiger partial charge in [0.05, 0.1) is 6.04 Å². The number of carbonyl (C=O) groups is 2. The van der Waals surface area contributed by atoms with Gasteiger partial charge in [-0.1, -0.05) is 23.7 Å². The second-order valence-electron chi connectivity index (χ2n) is 8.69. The Labute approximate surface area is 207 Å². The van der Waals surface area contributed by atoms with Gasteiger partial charge in [-0.25, -0.2) is 0 Å². The van der Waals surface area contributed by atoms with E-state index < -0.39 is 0 Å². The lowest BCUT2D eigenvalue weighted by molar-refractivity contribution is -0.134. The fraction of sp³-hybridized carbons (Fsp3) is 0.308.